The van der Waals surface area contributed by atoms with E-state index in [4.69, 9.17) is 4.74 Å². The second-order valence-corrected chi connectivity index (χ2v) is 6.07. The summed E-state index contributed by atoms with van der Waals surface area (Å²) in [5.41, 5.74) is 2.24. The van der Waals surface area contributed by atoms with Gasteiger partial charge in [-0.2, -0.15) is 0 Å². The van der Waals surface area contributed by atoms with Crippen LogP contribution in [0.25, 0.3) is 0 Å². The zero-order valence-electron chi connectivity index (χ0n) is 13.1. The van der Waals surface area contributed by atoms with Crippen molar-refractivity contribution in [3.8, 4) is 5.75 Å². The maximum Gasteiger partial charge on any atom is 0.262 e. The molecule has 2 amide bonds. The molecule has 4 rings (SSSR count). The summed E-state index contributed by atoms with van der Waals surface area (Å²) < 4.78 is 5.41. The number of hydrogen-bond acceptors (Lipinski definition) is 4. The number of hydrogen-bond donors (Lipinski definition) is 1. The molecule has 0 atom stereocenters. The summed E-state index contributed by atoms with van der Waals surface area (Å²) in [7, 11) is 0. The lowest BCUT2D eigenvalue weighted by Gasteiger charge is -2.24. The Hall–Kier alpha value is -2.89. The van der Waals surface area contributed by atoms with E-state index in [1.807, 2.05) is 17.0 Å². The first-order valence-electron chi connectivity index (χ1n) is 7.97. The Morgan fingerprint density at radius 1 is 1.25 bits per heavy atom. The van der Waals surface area contributed by atoms with Crippen LogP contribution in [0.2, 0.25) is 0 Å². The van der Waals surface area contributed by atoms with Crippen molar-refractivity contribution in [2.75, 3.05) is 11.9 Å². The van der Waals surface area contributed by atoms with E-state index in [0.29, 0.717) is 29.6 Å². The second-order valence-electron chi connectivity index (χ2n) is 6.07. The average molecular weight is 323 g/mol. The van der Waals surface area contributed by atoms with Gasteiger partial charge in [0.1, 0.15) is 5.75 Å². The van der Waals surface area contributed by atoms with Gasteiger partial charge in [0, 0.05) is 30.5 Å². The van der Waals surface area contributed by atoms with Crippen LogP contribution in [0.1, 0.15) is 28.8 Å². The van der Waals surface area contributed by atoms with E-state index in [-0.39, 0.29) is 18.4 Å². The number of pyridine rings is 1. The molecule has 122 valence electrons. The Labute approximate surface area is 139 Å². The maximum atomic E-state index is 12.9. The number of amides is 2. The smallest absolute Gasteiger partial charge is 0.262 e. The highest BCUT2D eigenvalue weighted by Gasteiger charge is 2.33. The SMILES string of the molecule is O=C1COc2cc(C(=O)N(Cc3ccncc3)C3CC3)ccc2N1. The molecule has 24 heavy (non-hydrogen) atoms. The molecule has 2 aliphatic rings. The number of fused-ring (bicyclic) bond motifs is 1. The van der Waals surface area contributed by atoms with Gasteiger partial charge in [-0.3, -0.25) is 14.6 Å². The first-order chi connectivity index (χ1) is 11.7. The number of benzene rings is 1. The molecule has 1 N–H and O–H groups in total. The van der Waals surface area contributed by atoms with Crippen molar-refractivity contribution >= 4 is 17.5 Å². The van der Waals surface area contributed by atoms with Crippen LogP contribution in [0.3, 0.4) is 0 Å². The number of nitrogens with one attached hydrogen (secondary N) is 1. The van der Waals surface area contributed by atoms with E-state index in [2.05, 4.69) is 10.3 Å². The van der Waals surface area contributed by atoms with E-state index < -0.39 is 0 Å². The van der Waals surface area contributed by atoms with Crippen LogP contribution >= 0.6 is 0 Å². The van der Waals surface area contributed by atoms with Crippen LogP contribution in [0.5, 0.6) is 5.75 Å². The van der Waals surface area contributed by atoms with Crippen molar-refractivity contribution in [3.05, 3.63) is 53.9 Å². The van der Waals surface area contributed by atoms with Crippen LogP contribution in [-0.4, -0.2) is 34.3 Å². The minimum absolute atomic E-state index is 0.0161. The van der Waals surface area contributed by atoms with Crippen molar-refractivity contribution < 1.29 is 14.3 Å². The lowest BCUT2D eigenvalue weighted by atomic mass is 10.1. The lowest BCUT2D eigenvalue weighted by molar-refractivity contribution is -0.118. The summed E-state index contributed by atoms with van der Waals surface area (Å²) in [6.45, 7) is 0.550. The van der Waals surface area contributed by atoms with Gasteiger partial charge in [0.15, 0.2) is 6.61 Å². The van der Waals surface area contributed by atoms with Crippen molar-refractivity contribution in [2.24, 2.45) is 0 Å². The largest absolute Gasteiger partial charge is 0.482 e. The fourth-order valence-corrected chi connectivity index (χ4v) is 2.81. The molecule has 2 heterocycles. The molecule has 6 nitrogen and oxygen atoms in total. The zero-order chi connectivity index (χ0) is 16.5. The van der Waals surface area contributed by atoms with Gasteiger partial charge in [-0.05, 0) is 48.7 Å². The monoisotopic (exact) mass is 323 g/mol. The first kappa shape index (κ1) is 14.7. The third-order valence-electron chi connectivity index (χ3n) is 4.21. The molecule has 1 fully saturated rings. The van der Waals surface area contributed by atoms with Crippen LogP contribution < -0.4 is 10.1 Å². The van der Waals surface area contributed by atoms with Crippen molar-refractivity contribution in [3.63, 3.8) is 0 Å². The van der Waals surface area contributed by atoms with Crippen molar-refractivity contribution in [1.29, 1.82) is 0 Å². The number of rotatable bonds is 4. The Balaban J connectivity index is 1.58. The Morgan fingerprint density at radius 3 is 2.79 bits per heavy atom. The van der Waals surface area contributed by atoms with Gasteiger partial charge in [-0.1, -0.05) is 0 Å². The summed E-state index contributed by atoms with van der Waals surface area (Å²) in [5, 5.41) is 2.73. The van der Waals surface area contributed by atoms with Crippen molar-refractivity contribution in [1.82, 2.24) is 9.88 Å². The third-order valence-corrected chi connectivity index (χ3v) is 4.21. The number of carbonyl (C=O) groups excluding carboxylic acids is 2. The molecule has 0 unspecified atom stereocenters. The van der Waals surface area contributed by atoms with Gasteiger partial charge in [0.05, 0.1) is 5.69 Å². The van der Waals surface area contributed by atoms with Crippen LogP contribution in [0, 0.1) is 0 Å². The second kappa shape index (κ2) is 5.96. The van der Waals surface area contributed by atoms with Crippen LogP contribution in [-0.2, 0) is 11.3 Å². The molecule has 0 bridgehead atoms. The van der Waals surface area contributed by atoms with E-state index >= 15 is 0 Å². The van der Waals surface area contributed by atoms with E-state index in [1.54, 1.807) is 30.6 Å². The quantitative estimate of drug-likeness (QED) is 0.936. The molecule has 0 radical (unpaired) electrons. The highest BCUT2D eigenvalue weighted by molar-refractivity contribution is 5.99. The summed E-state index contributed by atoms with van der Waals surface area (Å²) in [6, 6.07) is 9.30. The zero-order valence-corrected chi connectivity index (χ0v) is 13.1. The summed E-state index contributed by atoms with van der Waals surface area (Å²) in [5.74, 6) is 0.344. The maximum absolute atomic E-state index is 12.9. The number of anilines is 1. The number of nitrogens with zero attached hydrogens (tertiary/aromatic N) is 2. The molecule has 1 aliphatic carbocycles. The Morgan fingerprint density at radius 2 is 2.04 bits per heavy atom. The molecule has 1 aliphatic heterocycles. The van der Waals surface area contributed by atoms with Crippen LogP contribution in [0.15, 0.2) is 42.7 Å². The average Bonchev–Trinajstić information content (AvgIpc) is 3.44. The summed E-state index contributed by atoms with van der Waals surface area (Å²) in [6.07, 6.45) is 5.54. The van der Waals surface area contributed by atoms with Gasteiger partial charge in [0.2, 0.25) is 0 Å². The van der Waals surface area contributed by atoms with Gasteiger partial charge in [-0.15, -0.1) is 0 Å². The molecule has 2 aromatic rings. The minimum atomic E-state index is -0.182. The topological polar surface area (TPSA) is 71.5 Å². The normalized spacial score (nSPS) is 15.9. The molecule has 1 aromatic heterocycles. The predicted molar refractivity (Wildman–Crippen MR) is 87.7 cm³/mol. The van der Waals surface area contributed by atoms with Gasteiger partial charge < -0.3 is 15.0 Å². The van der Waals surface area contributed by atoms with E-state index in [0.717, 1.165) is 18.4 Å². The molecular formula is C18H17N3O3. The number of aromatic nitrogens is 1. The molecule has 0 spiro atoms. The molecule has 6 heteroatoms. The highest BCUT2D eigenvalue weighted by atomic mass is 16.5. The fourth-order valence-electron chi connectivity index (χ4n) is 2.81. The minimum Gasteiger partial charge on any atom is -0.482 e. The predicted octanol–water partition coefficient (Wildman–Crippen LogP) is 2.22. The first-order valence-corrected chi connectivity index (χ1v) is 7.97. The molecule has 0 saturated heterocycles. The molecule has 1 aromatic carbocycles. The van der Waals surface area contributed by atoms with Gasteiger partial charge in [0.25, 0.3) is 11.8 Å². The highest BCUT2D eigenvalue weighted by Crippen LogP contribution is 2.32. The van der Waals surface area contributed by atoms with E-state index in [9.17, 15) is 9.59 Å². The molecular weight excluding hydrogens is 306 g/mol. The third kappa shape index (κ3) is 2.95. The lowest BCUT2D eigenvalue weighted by Crippen LogP contribution is -2.33. The van der Waals surface area contributed by atoms with Gasteiger partial charge >= 0.3 is 0 Å². The molecule has 1 saturated carbocycles. The van der Waals surface area contributed by atoms with E-state index in [1.165, 1.54) is 0 Å². The summed E-state index contributed by atoms with van der Waals surface area (Å²) in [4.78, 5) is 30.2. The van der Waals surface area contributed by atoms with Crippen LogP contribution in [0.4, 0.5) is 5.69 Å². The Kier molecular flexibility index (Phi) is 3.65. The standard InChI is InChI=1S/C18H17N3O3/c22-17-11-24-16-9-13(1-4-15(16)20-17)18(23)21(14-2-3-14)10-12-5-7-19-8-6-12/h1,4-9,14H,2-3,10-11H2,(H,20,22). The summed E-state index contributed by atoms with van der Waals surface area (Å²) >= 11 is 0. The van der Waals surface area contributed by atoms with Gasteiger partial charge in [-0.25, -0.2) is 0 Å². The number of ether oxygens (including phenoxy) is 1. The number of carbonyl (C=O) groups is 2. The fraction of sp³-hybridized carbons (Fsp3) is 0.278. The van der Waals surface area contributed by atoms with Crippen molar-refractivity contribution in [2.45, 2.75) is 25.4 Å². The Bertz CT molecular complexity index is 787.